The van der Waals surface area contributed by atoms with Crippen LogP contribution in [0.4, 0.5) is 0 Å². The lowest BCUT2D eigenvalue weighted by molar-refractivity contribution is 0.0396. The molecular weight excluding hydrogens is 184 g/mol. The highest BCUT2D eigenvalue weighted by Gasteiger charge is 2.24. The Labute approximate surface area is 96.3 Å². The summed E-state index contributed by atoms with van der Waals surface area (Å²) in [6.45, 7) is 11.1. The molecule has 15 heavy (non-hydrogen) atoms. The van der Waals surface area contributed by atoms with Crippen LogP contribution in [0.5, 0.6) is 0 Å². The molecule has 0 saturated carbocycles. The molecule has 0 radical (unpaired) electrons. The van der Waals surface area contributed by atoms with E-state index in [1.807, 2.05) is 0 Å². The number of hydrogen-bond acceptors (Lipinski definition) is 1. The van der Waals surface area contributed by atoms with Crippen molar-refractivity contribution >= 4 is 0 Å². The van der Waals surface area contributed by atoms with Crippen LogP contribution in [0, 0.1) is 17.8 Å². The third-order valence-corrected chi connectivity index (χ3v) is 3.24. The topological polar surface area (TPSA) is 20.2 Å². The minimum absolute atomic E-state index is 0.0905. The molecule has 1 nitrogen and oxygen atoms in total. The van der Waals surface area contributed by atoms with Gasteiger partial charge in [-0.3, -0.25) is 0 Å². The highest BCUT2D eigenvalue weighted by atomic mass is 16.3. The van der Waals surface area contributed by atoms with E-state index in [1.165, 1.54) is 25.7 Å². The fourth-order valence-electron chi connectivity index (χ4n) is 2.50. The Kier molecular flexibility index (Phi) is 8.13. The van der Waals surface area contributed by atoms with Crippen LogP contribution in [0.2, 0.25) is 0 Å². The molecule has 1 heteroatoms. The summed E-state index contributed by atoms with van der Waals surface area (Å²) in [5.41, 5.74) is 0. The van der Waals surface area contributed by atoms with E-state index in [-0.39, 0.29) is 6.10 Å². The van der Waals surface area contributed by atoms with Crippen LogP contribution in [-0.2, 0) is 0 Å². The van der Waals surface area contributed by atoms with E-state index in [9.17, 15) is 5.11 Å². The van der Waals surface area contributed by atoms with Crippen molar-refractivity contribution < 1.29 is 5.11 Å². The SMILES string of the molecule is CCCC(C)C(O)C(CCC)CC(C)C. The van der Waals surface area contributed by atoms with Crippen LogP contribution < -0.4 is 0 Å². The first-order valence-corrected chi connectivity index (χ1v) is 6.70. The van der Waals surface area contributed by atoms with Gasteiger partial charge >= 0.3 is 0 Å². The van der Waals surface area contributed by atoms with Gasteiger partial charge in [-0.2, -0.15) is 0 Å². The van der Waals surface area contributed by atoms with Crippen LogP contribution in [0.1, 0.15) is 66.7 Å². The predicted octanol–water partition coefficient (Wildman–Crippen LogP) is 4.25. The summed E-state index contributed by atoms with van der Waals surface area (Å²) in [5, 5.41) is 10.3. The molecule has 3 unspecified atom stereocenters. The van der Waals surface area contributed by atoms with E-state index in [1.54, 1.807) is 0 Å². The molecule has 0 aliphatic heterocycles. The van der Waals surface area contributed by atoms with Crippen LogP contribution in [0.25, 0.3) is 0 Å². The first-order valence-electron chi connectivity index (χ1n) is 6.70. The van der Waals surface area contributed by atoms with Crippen molar-refractivity contribution in [3.8, 4) is 0 Å². The monoisotopic (exact) mass is 214 g/mol. The lowest BCUT2D eigenvalue weighted by Gasteiger charge is -2.28. The number of aliphatic hydroxyl groups excluding tert-OH is 1. The lowest BCUT2D eigenvalue weighted by atomic mass is 9.82. The molecule has 0 aliphatic rings. The largest absolute Gasteiger partial charge is 0.393 e. The van der Waals surface area contributed by atoms with Gasteiger partial charge in [0.25, 0.3) is 0 Å². The van der Waals surface area contributed by atoms with Crippen molar-refractivity contribution in [3.05, 3.63) is 0 Å². The predicted molar refractivity (Wildman–Crippen MR) is 67.9 cm³/mol. The van der Waals surface area contributed by atoms with Crippen LogP contribution in [0.3, 0.4) is 0 Å². The standard InChI is InChI=1S/C14H30O/c1-6-8-12(5)14(15)13(9-7-2)10-11(3)4/h11-15H,6-10H2,1-5H3. The van der Waals surface area contributed by atoms with Gasteiger partial charge < -0.3 is 5.11 Å². The van der Waals surface area contributed by atoms with Gasteiger partial charge in [-0.15, -0.1) is 0 Å². The fourth-order valence-corrected chi connectivity index (χ4v) is 2.50. The molecule has 0 fully saturated rings. The fraction of sp³-hybridized carbons (Fsp3) is 1.00. The van der Waals surface area contributed by atoms with Gasteiger partial charge in [0, 0.05) is 0 Å². The zero-order valence-corrected chi connectivity index (χ0v) is 11.3. The summed E-state index contributed by atoms with van der Waals surface area (Å²) >= 11 is 0. The first kappa shape index (κ1) is 15.0. The minimum atomic E-state index is -0.0905. The second-order valence-corrected chi connectivity index (χ2v) is 5.43. The van der Waals surface area contributed by atoms with Gasteiger partial charge in [-0.1, -0.05) is 47.5 Å². The molecule has 0 rings (SSSR count). The molecule has 0 aromatic carbocycles. The van der Waals surface area contributed by atoms with E-state index >= 15 is 0 Å². The average molecular weight is 214 g/mol. The summed E-state index contributed by atoms with van der Waals surface area (Å²) < 4.78 is 0. The number of hydrogen-bond donors (Lipinski definition) is 1. The second kappa shape index (κ2) is 8.15. The van der Waals surface area contributed by atoms with Gasteiger partial charge in [-0.25, -0.2) is 0 Å². The third kappa shape index (κ3) is 6.19. The highest BCUT2D eigenvalue weighted by Crippen LogP contribution is 2.27. The van der Waals surface area contributed by atoms with Gasteiger partial charge in [-0.05, 0) is 37.0 Å². The van der Waals surface area contributed by atoms with Crippen molar-refractivity contribution in [1.29, 1.82) is 0 Å². The first-order chi connectivity index (χ1) is 7.02. The van der Waals surface area contributed by atoms with Gasteiger partial charge in [0.1, 0.15) is 0 Å². The normalized spacial score (nSPS) is 17.8. The molecule has 0 saturated heterocycles. The van der Waals surface area contributed by atoms with Crippen molar-refractivity contribution in [2.24, 2.45) is 17.8 Å². The van der Waals surface area contributed by atoms with Gasteiger partial charge in [0.15, 0.2) is 0 Å². The summed E-state index contributed by atoms with van der Waals surface area (Å²) in [4.78, 5) is 0. The molecule has 92 valence electrons. The molecule has 1 N–H and O–H groups in total. The molecule has 0 bridgehead atoms. The second-order valence-electron chi connectivity index (χ2n) is 5.43. The van der Waals surface area contributed by atoms with Crippen molar-refractivity contribution in [2.45, 2.75) is 72.8 Å². The third-order valence-electron chi connectivity index (χ3n) is 3.24. The Hall–Kier alpha value is -0.0400. The summed E-state index contributed by atoms with van der Waals surface area (Å²) in [6.07, 6.45) is 5.77. The van der Waals surface area contributed by atoms with Crippen molar-refractivity contribution in [3.63, 3.8) is 0 Å². The van der Waals surface area contributed by atoms with Crippen LogP contribution in [-0.4, -0.2) is 11.2 Å². The average Bonchev–Trinajstić information content (AvgIpc) is 2.16. The van der Waals surface area contributed by atoms with E-state index < -0.39 is 0 Å². The van der Waals surface area contributed by atoms with Gasteiger partial charge in [0.05, 0.1) is 6.10 Å². The van der Waals surface area contributed by atoms with Crippen molar-refractivity contribution in [1.82, 2.24) is 0 Å². The molecule has 3 atom stereocenters. The molecule has 0 spiro atoms. The van der Waals surface area contributed by atoms with Gasteiger partial charge in [0.2, 0.25) is 0 Å². The maximum Gasteiger partial charge on any atom is 0.0594 e. The number of rotatable bonds is 8. The molecule has 0 aliphatic carbocycles. The maximum atomic E-state index is 10.3. The molecule has 0 aromatic heterocycles. The minimum Gasteiger partial charge on any atom is -0.393 e. The van der Waals surface area contributed by atoms with E-state index in [2.05, 4.69) is 34.6 Å². The summed E-state index contributed by atoms with van der Waals surface area (Å²) in [5.74, 6) is 1.67. The molecule has 0 amide bonds. The lowest BCUT2D eigenvalue weighted by Crippen LogP contribution is -2.28. The Morgan fingerprint density at radius 2 is 1.47 bits per heavy atom. The van der Waals surface area contributed by atoms with Crippen LogP contribution in [0.15, 0.2) is 0 Å². The molecular formula is C14H30O. The van der Waals surface area contributed by atoms with E-state index in [4.69, 9.17) is 0 Å². The summed E-state index contributed by atoms with van der Waals surface area (Å²) in [7, 11) is 0. The highest BCUT2D eigenvalue weighted by molar-refractivity contribution is 4.74. The quantitative estimate of drug-likeness (QED) is 0.640. The Bertz CT molecular complexity index is 142. The maximum absolute atomic E-state index is 10.3. The zero-order chi connectivity index (χ0) is 11.8. The van der Waals surface area contributed by atoms with E-state index in [0.29, 0.717) is 17.8 Å². The van der Waals surface area contributed by atoms with Crippen molar-refractivity contribution in [2.75, 3.05) is 0 Å². The van der Waals surface area contributed by atoms with Crippen LogP contribution >= 0.6 is 0 Å². The zero-order valence-electron chi connectivity index (χ0n) is 11.3. The molecule has 0 heterocycles. The smallest absolute Gasteiger partial charge is 0.0594 e. The van der Waals surface area contributed by atoms with E-state index in [0.717, 1.165) is 6.42 Å². The Balaban J connectivity index is 4.19. The number of aliphatic hydroxyl groups is 1. The Morgan fingerprint density at radius 1 is 0.933 bits per heavy atom. The summed E-state index contributed by atoms with van der Waals surface area (Å²) in [6, 6.07) is 0. The Morgan fingerprint density at radius 3 is 1.87 bits per heavy atom. The molecule has 0 aromatic rings.